The number of benzene rings is 1. The van der Waals surface area contributed by atoms with Crippen molar-refractivity contribution in [1.29, 1.82) is 0 Å². The standard InChI is InChI=1S/C30H41N5O8S2/c1-17(28(40)41)32-25(37)15-43-29(42)24-11-8-12-35(24)27(39)23(16-44-45-30(3,4)5)34-26(38)22(33-18(2)36)13-19-14-31-21-10-7-6-9-20(19)21/h6-7,9-10,14,17,22-24,31H,8,11-13,15-16H2,1-5H3,(H,32,37)(H,33,36)(H,34,38)(H,40,41). The number of ether oxygens (including phenoxy) is 1. The van der Waals surface area contributed by atoms with Crippen LogP contribution >= 0.6 is 21.6 Å². The Hall–Kier alpha value is -3.72. The highest BCUT2D eigenvalue weighted by Crippen LogP contribution is 2.35. The van der Waals surface area contributed by atoms with Gasteiger partial charge in [0.25, 0.3) is 5.91 Å². The number of likely N-dealkylation sites (tertiary alicyclic amines) is 1. The van der Waals surface area contributed by atoms with Crippen molar-refractivity contribution in [1.82, 2.24) is 25.8 Å². The Morgan fingerprint density at radius 2 is 1.80 bits per heavy atom. The molecule has 1 saturated heterocycles. The zero-order chi connectivity index (χ0) is 33.3. The second kappa shape index (κ2) is 16.0. The van der Waals surface area contributed by atoms with E-state index in [0.717, 1.165) is 16.5 Å². The molecule has 15 heteroatoms. The molecule has 0 bridgehead atoms. The van der Waals surface area contributed by atoms with Crippen LogP contribution in [0.2, 0.25) is 0 Å². The third kappa shape index (κ3) is 10.7. The number of nitrogens with one attached hydrogen (secondary N) is 4. The van der Waals surface area contributed by atoms with Crippen LogP contribution in [0, 0.1) is 0 Å². The van der Waals surface area contributed by atoms with Crippen molar-refractivity contribution in [2.75, 3.05) is 18.9 Å². The number of fused-ring (bicyclic) bond motifs is 1. The van der Waals surface area contributed by atoms with Gasteiger partial charge in [-0.3, -0.25) is 24.0 Å². The molecule has 45 heavy (non-hydrogen) atoms. The maximum Gasteiger partial charge on any atom is 0.329 e. The van der Waals surface area contributed by atoms with Gasteiger partial charge in [-0.2, -0.15) is 0 Å². The predicted octanol–water partition coefficient (Wildman–Crippen LogP) is 2.00. The summed E-state index contributed by atoms with van der Waals surface area (Å²) in [5.74, 6) is -4.05. The number of hydrogen-bond donors (Lipinski definition) is 5. The third-order valence-electron chi connectivity index (χ3n) is 6.85. The van der Waals surface area contributed by atoms with Gasteiger partial charge in [0.2, 0.25) is 17.7 Å². The molecule has 246 valence electrons. The number of aromatic nitrogens is 1. The highest BCUT2D eigenvalue weighted by molar-refractivity contribution is 8.77. The van der Waals surface area contributed by atoms with Gasteiger partial charge in [0.1, 0.15) is 24.2 Å². The third-order valence-corrected chi connectivity index (χ3v) is 10.2. The van der Waals surface area contributed by atoms with Crippen LogP contribution in [0.3, 0.4) is 0 Å². The molecule has 1 aromatic heterocycles. The molecular weight excluding hydrogens is 622 g/mol. The first kappa shape index (κ1) is 35.8. The minimum atomic E-state index is -1.24. The topological polar surface area (TPSA) is 187 Å². The van der Waals surface area contributed by atoms with Gasteiger partial charge in [-0.15, -0.1) is 0 Å². The van der Waals surface area contributed by atoms with Gasteiger partial charge in [-0.25, -0.2) is 4.79 Å². The SMILES string of the molecule is CC(=O)NC(Cc1c[nH]c2ccccc12)C(=O)NC(CSSC(C)(C)C)C(=O)N1CCCC1C(=O)OCC(=O)NC(C)C(=O)O. The monoisotopic (exact) mass is 663 g/mol. The molecule has 4 unspecified atom stereocenters. The fourth-order valence-corrected chi connectivity index (χ4v) is 7.21. The molecule has 2 heterocycles. The number of hydrogen-bond acceptors (Lipinski definition) is 9. The van der Waals surface area contributed by atoms with Gasteiger partial charge in [0.05, 0.1) is 0 Å². The molecule has 1 aliphatic rings. The van der Waals surface area contributed by atoms with Crippen LogP contribution in [0.15, 0.2) is 30.5 Å². The summed E-state index contributed by atoms with van der Waals surface area (Å²) in [5.41, 5.74) is 1.71. The van der Waals surface area contributed by atoms with Gasteiger partial charge < -0.3 is 35.7 Å². The molecule has 1 fully saturated rings. The summed E-state index contributed by atoms with van der Waals surface area (Å²) in [4.78, 5) is 80.1. The average Bonchev–Trinajstić information content (AvgIpc) is 3.61. The van der Waals surface area contributed by atoms with Crippen molar-refractivity contribution in [3.63, 3.8) is 0 Å². The van der Waals surface area contributed by atoms with Crippen LogP contribution in [-0.2, 0) is 39.9 Å². The molecule has 0 radical (unpaired) electrons. The maximum atomic E-state index is 13.9. The summed E-state index contributed by atoms with van der Waals surface area (Å²) in [5, 5.41) is 17.6. The van der Waals surface area contributed by atoms with E-state index in [1.807, 2.05) is 45.0 Å². The summed E-state index contributed by atoms with van der Waals surface area (Å²) in [6.45, 7) is 8.21. The quantitative estimate of drug-likeness (QED) is 0.148. The van der Waals surface area contributed by atoms with Gasteiger partial charge in [-0.05, 0) is 31.4 Å². The van der Waals surface area contributed by atoms with Crippen LogP contribution in [0.25, 0.3) is 10.9 Å². The summed E-state index contributed by atoms with van der Waals surface area (Å²) in [6.07, 6.45) is 2.78. The van der Waals surface area contributed by atoms with Crippen molar-refractivity contribution >= 4 is 68.1 Å². The number of rotatable bonds is 14. The molecule has 0 aliphatic carbocycles. The molecule has 4 amide bonds. The van der Waals surface area contributed by atoms with Gasteiger partial charge >= 0.3 is 11.9 Å². The van der Waals surface area contributed by atoms with Crippen molar-refractivity contribution < 1.29 is 38.6 Å². The fraction of sp³-hybridized carbons (Fsp3) is 0.533. The molecule has 4 atom stereocenters. The lowest BCUT2D eigenvalue weighted by Gasteiger charge is -2.29. The smallest absolute Gasteiger partial charge is 0.329 e. The number of esters is 1. The van der Waals surface area contributed by atoms with Crippen molar-refractivity contribution in [2.45, 2.75) is 82.8 Å². The number of nitrogens with zero attached hydrogens (tertiary/aromatic N) is 1. The van der Waals surface area contributed by atoms with E-state index < -0.39 is 66.3 Å². The largest absolute Gasteiger partial charge is 0.480 e. The van der Waals surface area contributed by atoms with Crippen LogP contribution in [-0.4, -0.2) is 98.4 Å². The lowest BCUT2D eigenvalue weighted by atomic mass is 10.0. The Bertz CT molecular complexity index is 1410. The molecular formula is C30H41N5O8S2. The molecule has 1 aliphatic heterocycles. The number of H-pyrrole nitrogens is 1. The number of para-hydroxylation sites is 1. The number of aromatic amines is 1. The van der Waals surface area contributed by atoms with E-state index >= 15 is 0 Å². The van der Waals surface area contributed by atoms with E-state index in [1.54, 1.807) is 17.0 Å². The Morgan fingerprint density at radius 3 is 2.47 bits per heavy atom. The zero-order valence-electron chi connectivity index (χ0n) is 26.0. The summed E-state index contributed by atoms with van der Waals surface area (Å²) in [6, 6.07) is 3.47. The maximum absolute atomic E-state index is 13.9. The number of carboxylic acids is 1. The molecule has 3 rings (SSSR count). The number of carboxylic acid groups (broad SMARTS) is 1. The Labute approximate surface area is 269 Å². The minimum absolute atomic E-state index is 0.130. The fourth-order valence-electron chi connectivity index (χ4n) is 4.75. The Morgan fingerprint density at radius 1 is 1.09 bits per heavy atom. The molecule has 2 aromatic rings. The Kier molecular flexibility index (Phi) is 12.7. The number of carbonyl (C=O) groups is 6. The van der Waals surface area contributed by atoms with Crippen LogP contribution in [0.1, 0.15) is 53.0 Å². The highest BCUT2D eigenvalue weighted by Gasteiger charge is 2.39. The molecule has 0 spiro atoms. The lowest BCUT2D eigenvalue weighted by Crippen LogP contribution is -2.57. The molecule has 0 saturated carbocycles. The average molecular weight is 664 g/mol. The van der Waals surface area contributed by atoms with Gasteiger partial charge in [0, 0.05) is 47.5 Å². The summed E-state index contributed by atoms with van der Waals surface area (Å²) < 4.78 is 5.00. The van der Waals surface area contributed by atoms with E-state index in [1.165, 1.54) is 29.5 Å². The second-order valence-electron chi connectivity index (χ2n) is 11.8. The first-order valence-electron chi connectivity index (χ1n) is 14.6. The first-order valence-corrected chi connectivity index (χ1v) is 16.9. The number of aliphatic carboxylic acids is 1. The predicted molar refractivity (Wildman–Crippen MR) is 172 cm³/mol. The van der Waals surface area contributed by atoms with E-state index in [2.05, 4.69) is 20.9 Å². The van der Waals surface area contributed by atoms with Crippen LogP contribution in [0.4, 0.5) is 0 Å². The molecule has 5 N–H and O–H groups in total. The van der Waals surface area contributed by atoms with Gasteiger partial charge in [0.15, 0.2) is 6.61 Å². The van der Waals surface area contributed by atoms with Crippen molar-refractivity contribution in [3.05, 3.63) is 36.0 Å². The van der Waals surface area contributed by atoms with Crippen molar-refractivity contribution in [3.8, 4) is 0 Å². The zero-order valence-corrected chi connectivity index (χ0v) is 27.6. The summed E-state index contributed by atoms with van der Waals surface area (Å²) in [7, 11) is 2.95. The summed E-state index contributed by atoms with van der Waals surface area (Å²) >= 11 is 0. The van der Waals surface area contributed by atoms with E-state index in [0.29, 0.717) is 12.8 Å². The van der Waals surface area contributed by atoms with Crippen LogP contribution < -0.4 is 16.0 Å². The highest BCUT2D eigenvalue weighted by atomic mass is 33.1. The number of amides is 4. The molecule has 13 nitrogen and oxygen atoms in total. The van der Waals surface area contributed by atoms with E-state index in [4.69, 9.17) is 9.84 Å². The minimum Gasteiger partial charge on any atom is -0.480 e. The molecule has 1 aromatic carbocycles. The van der Waals surface area contributed by atoms with Gasteiger partial charge in [-0.1, -0.05) is 60.6 Å². The van der Waals surface area contributed by atoms with Crippen LogP contribution in [0.5, 0.6) is 0 Å². The second-order valence-corrected chi connectivity index (χ2v) is 15.0. The van der Waals surface area contributed by atoms with E-state index in [-0.39, 0.29) is 23.5 Å². The van der Waals surface area contributed by atoms with Crippen molar-refractivity contribution in [2.24, 2.45) is 0 Å². The lowest BCUT2D eigenvalue weighted by molar-refractivity contribution is -0.157. The van der Waals surface area contributed by atoms with E-state index in [9.17, 15) is 28.8 Å². The normalized spacial score (nSPS) is 16.8. The Balaban J connectivity index is 1.75. The first-order chi connectivity index (χ1) is 21.2. The number of carbonyl (C=O) groups excluding carboxylic acids is 5.